The molecule has 0 aliphatic carbocycles. The van der Waals surface area contributed by atoms with Gasteiger partial charge in [0.15, 0.2) is 18.3 Å². The number of aromatic nitrogens is 1. The number of aromatic amines is 1. The van der Waals surface area contributed by atoms with Crippen LogP contribution in [0, 0.1) is 23.2 Å². The van der Waals surface area contributed by atoms with E-state index in [1.54, 1.807) is 14.0 Å². The van der Waals surface area contributed by atoms with Gasteiger partial charge in [0.05, 0.1) is 31.7 Å². The first-order valence-corrected chi connectivity index (χ1v) is 19.0. The Hall–Kier alpha value is -3.74. The molecule has 53 heavy (non-hydrogen) atoms. The van der Waals surface area contributed by atoms with Gasteiger partial charge in [-0.15, -0.1) is 0 Å². The van der Waals surface area contributed by atoms with Crippen molar-refractivity contribution in [3.63, 3.8) is 0 Å². The third kappa shape index (κ3) is 9.50. The van der Waals surface area contributed by atoms with Gasteiger partial charge in [-0.1, -0.05) is 39.3 Å². The summed E-state index contributed by atoms with van der Waals surface area (Å²) in [7, 11) is 1.71. The fourth-order valence-electron chi connectivity index (χ4n) is 7.46. The number of carbonyl (C=O) groups is 3. The Morgan fingerprint density at radius 2 is 1.87 bits per heavy atom. The van der Waals surface area contributed by atoms with Gasteiger partial charge < -0.3 is 38.5 Å². The van der Waals surface area contributed by atoms with Gasteiger partial charge in [0.1, 0.15) is 23.8 Å². The highest BCUT2D eigenvalue weighted by Crippen LogP contribution is 2.40. The van der Waals surface area contributed by atoms with Crippen LogP contribution in [0.4, 0.5) is 0 Å². The number of methoxy groups -OCH3 is 1. The highest BCUT2D eigenvalue weighted by Gasteiger charge is 2.57. The summed E-state index contributed by atoms with van der Waals surface area (Å²) >= 11 is 0. The molecule has 0 aromatic carbocycles. The van der Waals surface area contributed by atoms with Gasteiger partial charge in [0.25, 0.3) is 0 Å². The maximum atomic E-state index is 13.8. The van der Waals surface area contributed by atoms with Crippen LogP contribution in [0.2, 0.25) is 0 Å². The minimum absolute atomic E-state index is 0.0741. The molecule has 2 fully saturated rings. The predicted octanol–water partition coefficient (Wildman–Crippen LogP) is 5.58. The van der Waals surface area contributed by atoms with E-state index in [0.717, 1.165) is 30.5 Å². The van der Waals surface area contributed by atoms with Gasteiger partial charge in [0.2, 0.25) is 5.90 Å². The zero-order chi connectivity index (χ0) is 38.4. The molecule has 0 saturated carbocycles. The minimum Gasteiger partial charge on any atom is -0.467 e. The van der Waals surface area contributed by atoms with Crippen molar-refractivity contribution in [2.45, 2.75) is 117 Å². The number of aliphatic hydroxyl groups excluding tert-OH is 1. The zero-order valence-corrected chi connectivity index (χ0v) is 32.6. The van der Waals surface area contributed by atoms with Gasteiger partial charge in [-0.05, 0) is 93.2 Å². The predicted molar refractivity (Wildman–Crippen MR) is 198 cm³/mol. The van der Waals surface area contributed by atoms with Gasteiger partial charge in [-0.3, -0.25) is 14.4 Å². The molecule has 6 unspecified atom stereocenters. The molecular formula is C41H58N2O10. The third-order valence-electron chi connectivity index (χ3n) is 10.6. The molecule has 4 bridgehead atoms. The Kier molecular flexibility index (Phi) is 13.4. The van der Waals surface area contributed by atoms with Crippen LogP contribution in [0.1, 0.15) is 92.0 Å². The Balaban J connectivity index is 1.52. The van der Waals surface area contributed by atoms with Crippen LogP contribution in [-0.4, -0.2) is 97.9 Å². The highest BCUT2D eigenvalue weighted by atomic mass is 16.6. The van der Waals surface area contributed by atoms with Crippen LogP contribution in [0.25, 0.3) is 0 Å². The number of rotatable bonds is 10. The molecule has 2 N–H and O–H groups in total. The first kappa shape index (κ1) is 40.4. The summed E-state index contributed by atoms with van der Waals surface area (Å²) in [4.78, 5) is 48.7. The second-order valence-electron chi connectivity index (χ2n) is 16.0. The molecule has 5 rings (SSSR count). The quantitative estimate of drug-likeness (QED) is 0.135. The minimum atomic E-state index is -1.46. The zero-order valence-electron chi connectivity index (χ0n) is 32.6. The molecule has 0 amide bonds. The molecule has 12 heteroatoms. The highest BCUT2D eigenvalue weighted by molar-refractivity contribution is 5.94. The van der Waals surface area contributed by atoms with Crippen LogP contribution in [0.3, 0.4) is 0 Å². The monoisotopic (exact) mass is 738 g/mol. The van der Waals surface area contributed by atoms with Crippen molar-refractivity contribution in [1.29, 1.82) is 0 Å². The summed E-state index contributed by atoms with van der Waals surface area (Å²) < 4.78 is 35.7. The van der Waals surface area contributed by atoms with Crippen molar-refractivity contribution in [1.82, 2.24) is 4.98 Å². The van der Waals surface area contributed by atoms with Crippen LogP contribution in [-0.2, 0) is 49.2 Å². The number of cyclic esters (lactones) is 1. The van der Waals surface area contributed by atoms with Crippen molar-refractivity contribution in [2.75, 3.05) is 33.5 Å². The van der Waals surface area contributed by atoms with Gasteiger partial charge in [0, 0.05) is 25.8 Å². The molecule has 0 spiro atoms. The fraction of sp³-hybridized carbons (Fsp3) is 0.659. The summed E-state index contributed by atoms with van der Waals surface area (Å²) in [5.41, 5.74) is 4.26. The van der Waals surface area contributed by atoms with Crippen LogP contribution < -0.4 is 0 Å². The molecule has 4 aliphatic rings. The van der Waals surface area contributed by atoms with Gasteiger partial charge in [-0.25, -0.2) is 4.99 Å². The Morgan fingerprint density at radius 3 is 2.57 bits per heavy atom. The third-order valence-corrected chi connectivity index (χ3v) is 10.6. The summed E-state index contributed by atoms with van der Waals surface area (Å²) in [6.07, 6.45) is 4.56. The lowest BCUT2D eigenvalue weighted by Crippen LogP contribution is -2.43. The van der Waals surface area contributed by atoms with E-state index in [-0.39, 0.29) is 25.0 Å². The van der Waals surface area contributed by atoms with E-state index < -0.39 is 60.2 Å². The smallest absolute Gasteiger partial charge is 0.318 e. The number of fused-ring (bicyclic) bond motifs is 6. The van der Waals surface area contributed by atoms with E-state index in [2.05, 4.69) is 31.8 Å². The number of allylic oxidation sites excluding steroid dienone is 2. The summed E-state index contributed by atoms with van der Waals surface area (Å²) in [5, 5.41) is 10.3. The average molecular weight is 739 g/mol. The number of esters is 3. The van der Waals surface area contributed by atoms with Crippen molar-refractivity contribution in [3.05, 3.63) is 58.0 Å². The Morgan fingerprint density at radius 1 is 1.11 bits per heavy atom. The van der Waals surface area contributed by atoms with E-state index in [0.29, 0.717) is 49.1 Å². The number of carbonyl (C=O) groups excluding carboxylic acids is 3. The maximum absolute atomic E-state index is 13.8. The normalized spacial score (nSPS) is 31.4. The Labute approximate surface area is 313 Å². The molecule has 292 valence electrons. The molecule has 1 aromatic rings. The first-order valence-electron chi connectivity index (χ1n) is 19.0. The number of H-pyrrole nitrogens is 1. The molecule has 2 saturated heterocycles. The van der Waals surface area contributed by atoms with Crippen LogP contribution >= 0.6 is 0 Å². The second kappa shape index (κ2) is 17.6. The van der Waals surface area contributed by atoms with Crippen molar-refractivity contribution in [2.24, 2.45) is 28.2 Å². The van der Waals surface area contributed by atoms with Crippen molar-refractivity contribution >= 4 is 23.8 Å². The van der Waals surface area contributed by atoms with E-state index in [9.17, 15) is 19.5 Å². The van der Waals surface area contributed by atoms with Gasteiger partial charge in [-0.2, -0.15) is 0 Å². The molecule has 12 nitrogen and oxygen atoms in total. The van der Waals surface area contributed by atoms with E-state index in [1.807, 2.05) is 32.1 Å². The number of hydrogen-bond acceptors (Lipinski definition) is 11. The largest absolute Gasteiger partial charge is 0.467 e. The first-order chi connectivity index (χ1) is 25.2. The molecule has 0 radical (unpaired) electrons. The standard InChI is InChI=1S/C41H58N2O10/c1-23(2)16-27-18-35(45)52-37-36(53-40(47)41(37,7)22-44)26(6)11-12-28-13-14-31(42-28)38-43-32(34(51-38)21-50-39(27)46)19-29-30(25(5)10-9-15-48-8)20-49-33(29)17-24(3)4/h11,13-14,19,23-24,27,32-34,36-37,42,44H,9-10,12,15-18,20-22H2,1-8H3/b26-11?,29-19-,30-25+/t27-,32?,33?,34?,36?,37?,41?/m0/s1. The summed E-state index contributed by atoms with van der Waals surface area (Å²) in [6.45, 7) is 14.3. The molecule has 4 aliphatic heterocycles. The second-order valence-corrected chi connectivity index (χ2v) is 16.0. The van der Waals surface area contributed by atoms with E-state index >= 15 is 0 Å². The topological polar surface area (TPSA) is 155 Å². The van der Waals surface area contributed by atoms with Gasteiger partial charge >= 0.3 is 17.9 Å². The number of ether oxygens (including phenoxy) is 6. The number of aliphatic hydroxyl groups is 1. The number of hydrogen-bond donors (Lipinski definition) is 2. The SMILES string of the molecule is COCCC/C(C)=C1\COC(CC(C)C)\C1=C/C1N=C2OC1COC(=O)[C@@H](CC(C)C)CC(=O)OC1C(OC(=O)C1(C)CO)C(C)=CCc1ccc2[nH]1. The average Bonchev–Trinajstić information content (AvgIpc) is 3.89. The van der Waals surface area contributed by atoms with Crippen LogP contribution in [0.15, 0.2) is 51.6 Å². The van der Waals surface area contributed by atoms with E-state index in [1.165, 1.54) is 18.1 Å². The van der Waals surface area contributed by atoms with Crippen LogP contribution in [0.5, 0.6) is 0 Å². The Bertz CT molecular complexity index is 1620. The number of aliphatic imine (C=N–C) groups is 1. The lowest BCUT2D eigenvalue weighted by atomic mass is 9.83. The lowest BCUT2D eigenvalue weighted by molar-refractivity contribution is -0.164. The van der Waals surface area contributed by atoms with Crippen molar-refractivity contribution in [3.8, 4) is 0 Å². The maximum Gasteiger partial charge on any atom is 0.318 e. The fourth-order valence-corrected chi connectivity index (χ4v) is 7.46. The summed E-state index contributed by atoms with van der Waals surface area (Å²) in [5.74, 6) is -1.78. The number of nitrogens with one attached hydrogen (secondary N) is 1. The number of nitrogens with zero attached hydrogens (tertiary/aromatic N) is 1. The summed E-state index contributed by atoms with van der Waals surface area (Å²) in [6, 6.07) is 3.36. The van der Waals surface area contributed by atoms with Crippen molar-refractivity contribution < 1.29 is 47.9 Å². The molecule has 1 aromatic heterocycles. The van der Waals surface area contributed by atoms with E-state index in [4.69, 9.17) is 33.4 Å². The molecule has 7 atom stereocenters. The molecule has 5 heterocycles. The lowest BCUT2D eigenvalue weighted by Gasteiger charge is -2.28. The molecular weight excluding hydrogens is 680 g/mol.